The first kappa shape index (κ1) is 12.3. The summed E-state index contributed by atoms with van der Waals surface area (Å²) in [6, 6.07) is 13.5. The van der Waals surface area contributed by atoms with Gasteiger partial charge in [-0.05, 0) is 19.1 Å². The van der Waals surface area contributed by atoms with E-state index in [2.05, 4.69) is 20.5 Å². The number of hydrogen-bond donors (Lipinski definition) is 2. The molecule has 0 unspecified atom stereocenters. The highest BCUT2D eigenvalue weighted by Gasteiger charge is 2.07. The highest BCUT2D eigenvalue weighted by molar-refractivity contribution is 5.91. The topological polar surface area (TPSA) is 70.7 Å². The molecule has 0 saturated carbocycles. The van der Waals surface area contributed by atoms with Crippen LogP contribution in [0.4, 0.5) is 5.82 Å². The smallest absolute Gasteiger partial charge is 0.231 e. The average Bonchev–Trinajstić information content (AvgIpc) is 2.83. The summed E-state index contributed by atoms with van der Waals surface area (Å²) < 4.78 is 0. The maximum absolute atomic E-state index is 11.9. The number of aromatic nitrogens is 3. The van der Waals surface area contributed by atoms with E-state index in [0.29, 0.717) is 5.82 Å². The lowest BCUT2D eigenvalue weighted by molar-refractivity contribution is -0.115. The Hall–Kier alpha value is -2.69. The summed E-state index contributed by atoms with van der Waals surface area (Å²) in [5, 5.41) is 10.6. The number of aryl methyl sites for hydroxylation is 1. The third-order valence-corrected chi connectivity index (χ3v) is 2.97. The minimum Gasteiger partial charge on any atom is -0.309 e. The summed E-state index contributed by atoms with van der Waals surface area (Å²) in [5.41, 5.74) is 2.55. The number of benzene rings is 1. The van der Waals surface area contributed by atoms with Gasteiger partial charge in [-0.3, -0.25) is 14.9 Å². The van der Waals surface area contributed by atoms with Gasteiger partial charge in [0, 0.05) is 17.1 Å². The van der Waals surface area contributed by atoms with Crippen LogP contribution < -0.4 is 5.32 Å². The van der Waals surface area contributed by atoms with E-state index in [9.17, 15) is 4.79 Å². The molecule has 0 bridgehead atoms. The van der Waals surface area contributed by atoms with Gasteiger partial charge in [0.25, 0.3) is 0 Å². The lowest BCUT2D eigenvalue weighted by Crippen LogP contribution is -2.15. The highest BCUT2D eigenvalue weighted by atomic mass is 16.1. The number of carbonyl (C=O) groups excluding carboxylic acids is 1. The van der Waals surface area contributed by atoms with E-state index in [1.54, 1.807) is 6.07 Å². The molecule has 1 amide bonds. The SMILES string of the molecule is Cc1cc(NC(=O)Cc2ccc3ccccc3n2)n[nH]1. The Balaban J connectivity index is 1.73. The molecule has 100 valence electrons. The van der Waals surface area contributed by atoms with Crippen molar-refractivity contribution in [3.8, 4) is 0 Å². The van der Waals surface area contributed by atoms with Gasteiger partial charge in [0.1, 0.15) is 0 Å². The number of para-hydroxylation sites is 1. The Labute approximate surface area is 116 Å². The molecule has 1 aromatic carbocycles. The standard InChI is InChI=1S/C15H14N4O/c1-10-8-14(19-18-10)17-15(20)9-12-7-6-11-4-2-3-5-13(11)16-12/h2-8H,9H2,1H3,(H2,17,18,19,20). The number of aromatic amines is 1. The second-order valence-electron chi connectivity index (χ2n) is 4.66. The molecule has 0 radical (unpaired) electrons. The number of nitrogens with one attached hydrogen (secondary N) is 2. The van der Waals surface area contributed by atoms with Gasteiger partial charge in [0.15, 0.2) is 5.82 Å². The largest absolute Gasteiger partial charge is 0.309 e. The van der Waals surface area contributed by atoms with Gasteiger partial charge in [-0.1, -0.05) is 24.3 Å². The molecule has 2 N–H and O–H groups in total. The number of rotatable bonds is 3. The van der Waals surface area contributed by atoms with Crippen molar-refractivity contribution in [3.05, 3.63) is 53.9 Å². The number of carbonyl (C=O) groups is 1. The Bertz CT molecular complexity index is 763. The van der Waals surface area contributed by atoms with Gasteiger partial charge in [0.05, 0.1) is 17.6 Å². The van der Waals surface area contributed by atoms with Crippen LogP contribution in [0.25, 0.3) is 10.9 Å². The summed E-state index contributed by atoms with van der Waals surface area (Å²) in [6.07, 6.45) is 0.233. The molecule has 0 fully saturated rings. The zero-order valence-corrected chi connectivity index (χ0v) is 11.1. The quantitative estimate of drug-likeness (QED) is 0.765. The van der Waals surface area contributed by atoms with Crippen molar-refractivity contribution in [2.45, 2.75) is 13.3 Å². The first-order chi connectivity index (χ1) is 9.70. The number of H-pyrrole nitrogens is 1. The molecular weight excluding hydrogens is 252 g/mol. The molecule has 5 nitrogen and oxygen atoms in total. The van der Waals surface area contributed by atoms with Crippen LogP contribution in [-0.2, 0) is 11.2 Å². The second kappa shape index (κ2) is 5.13. The lowest BCUT2D eigenvalue weighted by atomic mass is 10.2. The van der Waals surface area contributed by atoms with Crippen LogP contribution in [0.3, 0.4) is 0 Å². The first-order valence-corrected chi connectivity index (χ1v) is 6.37. The van der Waals surface area contributed by atoms with Crippen molar-refractivity contribution in [1.82, 2.24) is 15.2 Å². The van der Waals surface area contributed by atoms with E-state index in [-0.39, 0.29) is 12.3 Å². The number of pyridine rings is 1. The van der Waals surface area contributed by atoms with Crippen LogP contribution in [0.5, 0.6) is 0 Å². The van der Waals surface area contributed by atoms with Gasteiger partial charge < -0.3 is 5.32 Å². The molecule has 5 heteroatoms. The molecule has 0 aliphatic heterocycles. The molecule has 0 spiro atoms. The molecule has 0 saturated heterocycles. The summed E-state index contributed by atoms with van der Waals surface area (Å²) >= 11 is 0. The van der Waals surface area contributed by atoms with E-state index in [1.807, 2.05) is 43.3 Å². The lowest BCUT2D eigenvalue weighted by Gasteiger charge is -2.03. The summed E-state index contributed by atoms with van der Waals surface area (Å²) in [6.45, 7) is 1.88. The van der Waals surface area contributed by atoms with E-state index < -0.39 is 0 Å². The van der Waals surface area contributed by atoms with Gasteiger partial charge in [0.2, 0.25) is 5.91 Å². The minimum absolute atomic E-state index is 0.126. The maximum atomic E-state index is 11.9. The van der Waals surface area contributed by atoms with Crippen molar-refractivity contribution in [2.75, 3.05) is 5.32 Å². The first-order valence-electron chi connectivity index (χ1n) is 6.37. The van der Waals surface area contributed by atoms with E-state index in [0.717, 1.165) is 22.3 Å². The van der Waals surface area contributed by atoms with Gasteiger partial charge >= 0.3 is 0 Å². The molecule has 0 aliphatic rings. The van der Waals surface area contributed by atoms with Crippen LogP contribution in [0, 0.1) is 6.92 Å². The van der Waals surface area contributed by atoms with Gasteiger partial charge in [-0.25, -0.2) is 0 Å². The number of amides is 1. The zero-order valence-electron chi connectivity index (χ0n) is 11.1. The van der Waals surface area contributed by atoms with Crippen molar-refractivity contribution < 1.29 is 4.79 Å². The number of fused-ring (bicyclic) bond motifs is 1. The van der Waals surface area contributed by atoms with Crippen molar-refractivity contribution in [3.63, 3.8) is 0 Å². The van der Waals surface area contributed by atoms with Gasteiger partial charge in [-0.15, -0.1) is 0 Å². The zero-order chi connectivity index (χ0) is 13.9. The summed E-state index contributed by atoms with van der Waals surface area (Å²) in [5.74, 6) is 0.410. The Morgan fingerprint density at radius 2 is 2.10 bits per heavy atom. The van der Waals surface area contributed by atoms with Crippen LogP contribution in [-0.4, -0.2) is 21.1 Å². The molecular formula is C15H14N4O. The highest BCUT2D eigenvalue weighted by Crippen LogP contribution is 2.12. The van der Waals surface area contributed by atoms with Gasteiger partial charge in [-0.2, -0.15) is 5.10 Å². The number of anilines is 1. The number of nitrogens with zero attached hydrogens (tertiary/aromatic N) is 2. The predicted octanol–water partition coefficient (Wildman–Crippen LogP) is 2.45. The molecule has 20 heavy (non-hydrogen) atoms. The minimum atomic E-state index is -0.126. The van der Waals surface area contributed by atoms with E-state index >= 15 is 0 Å². The molecule has 0 aliphatic carbocycles. The third-order valence-electron chi connectivity index (χ3n) is 2.97. The fourth-order valence-electron chi connectivity index (χ4n) is 2.04. The van der Waals surface area contributed by atoms with Crippen LogP contribution in [0.1, 0.15) is 11.4 Å². The molecule has 3 aromatic rings. The average molecular weight is 266 g/mol. The third kappa shape index (κ3) is 2.66. The fraction of sp³-hybridized carbons (Fsp3) is 0.133. The van der Waals surface area contributed by atoms with Crippen molar-refractivity contribution in [2.24, 2.45) is 0 Å². The second-order valence-corrected chi connectivity index (χ2v) is 4.66. The monoisotopic (exact) mass is 266 g/mol. The maximum Gasteiger partial charge on any atom is 0.231 e. The summed E-state index contributed by atoms with van der Waals surface area (Å²) in [7, 11) is 0. The molecule has 3 rings (SSSR count). The van der Waals surface area contributed by atoms with Crippen molar-refractivity contribution in [1.29, 1.82) is 0 Å². The summed E-state index contributed by atoms with van der Waals surface area (Å²) in [4.78, 5) is 16.4. The van der Waals surface area contributed by atoms with Crippen LogP contribution in [0.2, 0.25) is 0 Å². The van der Waals surface area contributed by atoms with E-state index in [4.69, 9.17) is 0 Å². The van der Waals surface area contributed by atoms with E-state index in [1.165, 1.54) is 0 Å². The Morgan fingerprint density at radius 1 is 1.25 bits per heavy atom. The predicted molar refractivity (Wildman–Crippen MR) is 77.4 cm³/mol. The Morgan fingerprint density at radius 3 is 2.90 bits per heavy atom. The van der Waals surface area contributed by atoms with Crippen molar-refractivity contribution >= 4 is 22.6 Å². The molecule has 2 heterocycles. The normalized spacial score (nSPS) is 10.7. The number of hydrogen-bond acceptors (Lipinski definition) is 3. The van der Waals surface area contributed by atoms with Crippen LogP contribution >= 0.6 is 0 Å². The molecule has 2 aromatic heterocycles. The molecule has 0 atom stereocenters. The Kier molecular flexibility index (Phi) is 3.16. The van der Waals surface area contributed by atoms with Crippen LogP contribution in [0.15, 0.2) is 42.5 Å². The fourth-order valence-corrected chi connectivity index (χ4v) is 2.04.